The van der Waals surface area contributed by atoms with E-state index in [1.165, 1.54) is 31.2 Å². The van der Waals surface area contributed by atoms with Crippen LogP contribution < -0.4 is 0 Å². The summed E-state index contributed by atoms with van der Waals surface area (Å²) in [7, 11) is 1.93. The first kappa shape index (κ1) is 17.0. The van der Waals surface area contributed by atoms with Gasteiger partial charge in [-0.25, -0.2) is 0 Å². The summed E-state index contributed by atoms with van der Waals surface area (Å²) in [5, 5.41) is 14.5. The highest BCUT2D eigenvalue weighted by molar-refractivity contribution is 5.76. The third-order valence-electron chi connectivity index (χ3n) is 6.73. The monoisotopic (exact) mass is 346 g/mol. The molecular formula is C19H30N4O2. The van der Waals surface area contributed by atoms with Crippen molar-refractivity contribution in [3.63, 3.8) is 0 Å². The summed E-state index contributed by atoms with van der Waals surface area (Å²) in [6.45, 7) is 3.60. The number of rotatable bonds is 4. The second kappa shape index (κ2) is 6.72. The minimum absolute atomic E-state index is 0.150. The molecule has 2 saturated heterocycles. The largest absolute Gasteiger partial charge is 0.481 e. The molecule has 0 bridgehead atoms. The molecule has 2 aliphatic heterocycles. The predicted molar refractivity (Wildman–Crippen MR) is 95.2 cm³/mol. The van der Waals surface area contributed by atoms with Crippen LogP contribution in [0.15, 0.2) is 12.4 Å². The summed E-state index contributed by atoms with van der Waals surface area (Å²) >= 11 is 0. The van der Waals surface area contributed by atoms with Crippen molar-refractivity contribution in [2.45, 2.75) is 63.6 Å². The van der Waals surface area contributed by atoms with Crippen LogP contribution in [0.1, 0.15) is 50.5 Å². The molecule has 1 aromatic rings. The second-order valence-corrected chi connectivity index (χ2v) is 8.27. The molecule has 0 amide bonds. The van der Waals surface area contributed by atoms with E-state index in [2.05, 4.69) is 14.9 Å². The van der Waals surface area contributed by atoms with Gasteiger partial charge < -0.3 is 5.11 Å². The SMILES string of the molecule is Cn1cc(CN2CCC[C@]3(C(=O)O)CN(C4CCCC4)CC[C@@H]23)cn1. The number of hydrogen-bond acceptors (Lipinski definition) is 4. The van der Waals surface area contributed by atoms with Crippen molar-refractivity contribution in [3.05, 3.63) is 18.0 Å². The van der Waals surface area contributed by atoms with Gasteiger partial charge in [0.2, 0.25) is 0 Å². The molecule has 0 spiro atoms. The molecule has 0 unspecified atom stereocenters. The molecule has 1 saturated carbocycles. The zero-order valence-electron chi connectivity index (χ0n) is 15.2. The molecule has 3 fully saturated rings. The molecule has 25 heavy (non-hydrogen) atoms. The average Bonchev–Trinajstić information content (AvgIpc) is 3.26. The number of likely N-dealkylation sites (tertiary alicyclic amines) is 2. The van der Waals surface area contributed by atoms with Gasteiger partial charge in [0.15, 0.2) is 0 Å². The van der Waals surface area contributed by atoms with Gasteiger partial charge in [0.25, 0.3) is 0 Å². The van der Waals surface area contributed by atoms with Crippen LogP contribution >= 0.6 is 0 Å². The standard InChI is InChI=1S/C19H30N4O2/c1-21-12-15(11-20-21)13-22-9-4-8-19(18(24)25)14-23(10-7-17(19)22)16-5-2-3-6-16/h11-12,16-17H,2-10,13-14H2,1H3,(H,24,25)/t17-,19+/m1/s1. The molecule has 1 aromatic heterocycles. The third-order valence-corrected chi connectivity index (χ3v) is 6.73. The van der Waals surface area contributed by atoms with Crippen molar-refractivity contribution >= 4 is 5.97 Å². The zero-order chi connectivity index (χ0) is 17.4. The topological polar surface area (TPSA) is 61.6 Å². The first-order valence-corrected chi connectivity index (χ1v) is 9.77. The number of aromatic nitrogens is 2. The summed E-state index contributed by atoms with van der Waals surface area (Å²) in [6.07, 6.45) is 11.8. The van der Waals surface area contributed by atoms with Gasteiger partial charge in [0.1, 0.15) is 0 Å². The van der Waals surface area contributed by atoms with Crippen molar-refractivity contribution in [1.29, 1.82) is 0 Å². The lowest BCUT2D eigenvalue weighted by Crippen LogP contribution is -2.64. The highest BCUT2D eigenvalue weighted by Gasteiger charge is 2.54. The summed E-state index contributed by atoms with van der Waals surface area (Å²) in [6, 6.07) is 0.766. The van der Waals surface area contributed by atoms with E-state index in [0.717, 1.165) is 45.4 Å². The predicted octanol–water partition coefficient (Wildman–Crippen LogP) is 2.10. The Morgan fingerprint density at radius 2 is 2.08 bits per heavy atom. The van der Waals surface area contributed by atoms with E-state index in [9.17, 15) is 9.90 Å². The van der Waals surface area contributed by atoms with Crippen LogP contribution in [0, 0.1) is 5.41 Å². The molecule has 1 N–H and O–H groups in total. The number of carbonyl (C=O) groups is 1. The van der Waals surface area contributed by atoms with Gasteiger partial charge in [0.05, 0.1) is 11.6 Å². The van der Waals surface area contributed by atoms with E-state index in [4.69, 9.17) is 0 Å². The van der Waals surface area contributed by atoms with Crippen LogP contribution in [-0.4, -0.2) is 62.4 Å². The number of hydrogen-bond donors (Lipinski definition) is 1. The van der Waals surface area contributed by atoms with Crippen molar-refractivity contribution < 1.29 is 9.90 Å². The average molecular weight is 346 g/mol. The molecule has 1 aliphatic carbocycles. The third kappa shape index (κ3) is 3.10. The molecular weight excluding hydrogens is 316 g/mol. The van der Waals surface area contributed by atoms with Gasteiger partial charge in [-0.05, 0) is 45.2 Å². The lowest BCUT2D eigenvalue weighted by Gasteiger charge is -2.54. The van der Waals surface area contributed by atoms with Gasteiger partial charge >= 0.3 is 5.97 Å². The lowest BCUT2D eigenvalue weighted by molar-refractivity contribution is -0.165. The highest BCUT2D eigenvalue weighted by atomic mass is 16.4. The minimum atomic E-state index is -0.596. The number of piperidine rings is 2. The lowest BCUT2D eigenvalue weighted by atomic mass is 9.68. The number of aryl methyl sites for hydroxylation is 1. The molecule has 0 aromatic carbocycles. The first-order valence-electron chi connectivity index (χ1n) is 9.77. The number of fused-ring (bicyclic) bond motifs is 1. The second-order valence-electron chi connectivity index (χ2n) is 8.27. The quantitative estimate of drug-likeness (QED) is 0.905. The summed E-state index contributed by atoms with van der Waals surface area (Å²) in [5.74, 6) is -0.587. The van der Waals surface area contributed by atoms with Crippen LogP contribution in [0.4, 0.5) is 0 Å². The Morgan fingerprint density at radius 1 is 1.28 bits per heavy atom. The van der Waals surface area contributed by atoms with Crippen LogP contribution in [-0.2, 0) is 18.4 Å². The van der Waals surface area contributed by atoms with E-state index in [1.54, 1.807) is 0 Å². The molecule has 2 atom stereocenters. The number of aliphatic carboxylic acids is 1. The van der Waals surface area contributed by atoms with Crippen LogP contribution in [0.2, 0.25) is 0 Å². The Kier molecular flexibility index (Phi) is 4.58. The van der Waals surface area contributed by atoms with Crippen molar-refractivity contribution in [1.82, 2.24) is 19.6 Å². The maximum atomic E-state index is 12.4. The van der Waals surface area contributed by atoms with Crippen molar-refractivity contribution in [2.24, 2.45) is 12.5 Å². The maximum absolute atomic E-state index is 12.4. The minimum Gasteiger partial charge on any atom is -0.481 e. The fourth-order valence-electron chi connectivity index (χ4n) is 5.52. The first-order chi connectivity index (χ1) is 12.1. The maximum Gasteiger partial charge on any atom is 0.312 e. The molecule has 3 heterocycles. The zero-order valence-corrected chi connectivity index (χ0v) is 15.2. The van der Waals surface area contributed by atoms with Crippen LogP contribution in [0.5, 0.6) is 0 Å². The Morgan fingerprint density at radius 3 is 2.76 bits per heavy atom. The van der Waals surface area contributed by atoms with E-state index < -0.39 is 11.4 Å². The smallest absolute Gasteiger partial charge is 0.312 e. The number of carboxylic acid groups (broad SMARTS) is 1. The van der Waals surface area contributed by atoms with E-state index >= 15 is 0 Å². The molecule has 138 valence electrons. The number of nitrogens with zero attached hydrogens (tertiary/aromatic N) is 4. The van der Waals surface area contributed by atoms with Gasteiger partial charge in [-0.3, -0.25) is 19.3 Å². The Hall–Kier alpha value is -1.40. The molecule has 0 radical (unpaired) electrons. The summed E-state index contributed by atoms with van der Waals surface area (Å²) < 4.78 is 1.83. The van der Waals surface area contributed by atoms with E-state index in [1.807, 2.05) is 24.1 Å². The fourth-order valence-corrected chi connectivity index (χ4v) is 5.52. The van der Waals surface area contributed by atoms with E-state index in [-0.39, 0.29) is 6.04 Å². The number of carboxylic acids is 1. The highest BCUT2D eigenvalue weighted by Crippen LogP contribution is 2.44. The molecule has 6 nitrogen and oxygen atoms in total. The van der Waals surface area contributed by atoms with Gasteiger partial charge in [0, 0.05) is 44.0 Å². The normalized spacial score (nSPS) is 32.0. The van der Waals surface area contributed by atoms with Crippen molar-refractivity contribution in [3.8, 4) is 0 Å². The Labute approximate surface area is 149 Å². The van der Waals surface area contributed by atoms with Crippen LogP contribution in [0.3, 0.4) is 0 Å². The Balaban J connectivity index is 1.55. The molecule has 6 heteroatoms. The van der Waals surface area contributed by atoms with Gasteiger partial charge in [-0.15, -0.1) is 0 Å². The van der Waals surface area contributed by atoms with Crippen LogP contribution in [0.25, 0.3) is 0 Å². The summed E-state index contributed by atoms with van der Waals surface area (Å²) in [4.78, 5) is 17.3. The van der Waals surface area contributed by atoms with Gasteiger partial charge in [-0.2, -0.15) is 5.10 Å². The fraction of sp³-hybridized carbons (Fsp3) is 0.789. The van der Waals surface area contributed by atoms with Crippen molar-refractivity contribution in [2.75, 3.05) is 19.6 Å². The van der Waals surface area contributed by atoms with Gasteiger partial charge in [-0.1, -0.05) is 12.8 Å². The molecule has 4 rings (SSSR count). The molecule has 3 aliphatic rings. The Bertz CT molecular complexity index is 625. The summed E-state index contributed by atoms with van der Waals surface area (Å²) in [5.41, 5.74) is 0.586. The van der Waals surface area contributed by atoms with E-state index in [0.29, 0.717) is 6.04 Å².